The van der Waals surface area contributed by atoms with Gasteiger partial charge in [-0.1, -0.05) is 0 Å². The van der Waals surface area contributed by atoms with E-state index in [0.717, 1.165) is 6.07 Å². The predicted molar refractivity (Wildman–Crippen MR) is 83.9 cm³/mol. The van der Waals surface area contributed by atoms with Gasteiger partial charge in [0.15, 0.2) is 23.3 Å². The summed E-state index contributed by atoms with van der Waals surface area (Å²) in [6, 6.07) is 0.150. The molecule has 2 aromatic rings. The van der Waals surface area contributed by atoms with Gasteiger partial charge in [-0.25, -0.2) is 27.9 Å². The Hall–Kier alpha value is -2.78. The van der Waals surface area contributed by atoms with E-state index in [1.165, 1.54) is 7.11 Å². The SMILES string of the molecule is COc1nc2c(F)c(F)c(F)cc2nc1N1CCC(NC(N)=O)CC1. The minimum atomic E-state index is -1.60. The number of piperidine rings is 1. The molecule has 1 aromatic heterocycles. The highest BCUT2D eigenvalue weighted by atomic mass is 19.2. The Morgan fingerprint density at radius 2 is 1.96 bits per heavy atom. The van der Waals surface area contributed by atoms with Crippen molar-refractivity contribution in [3.63, 3.8) is 0 Å². The molecule has 10 heteroatoms. The molecule has 1 aromatic carbocycles. The summed E-state index contributed by atoms with van der Waals surface area (Å²) in [7, 11) is 1.33. The summed E-state index contributed by atoms with van der Waals surface area (Å²) in [6.07, 6.45) is 1.22. The number of benzene rings is 1. The molecule has 1 saturated heterocycles. The third-order valence-corrected chi connectivity index (χ3v) is 4.08. The van der Waals surface area contributed by atoms with E-state index < -0.39 is 29.0 Å². The first-order valence-corrected chi connectivity index (χ1v) is 7.61. The summed E-state index contributed by atoms with van der Waals surface area (Å²) in [5.41, 5.74) is 4.60. The van der Waals surface area contributed by atoms with Crippen LogP contribution in [0, 0.1) is 17.5 Å². The van der Waals surface area contributed by atoms with Crippen molar-refractivity contribution in [2.75, 3.05) is 25.1 Å². The fraction of sp³-hybridized carbons (Fsp3) is 0.400. The number of halogens is 3. The molecule has 2 amide bonds. The molecule has 3 rings (SSSR count). The van der Waals surface area contributed by atoms with Crippen LogP contribution in [0.15, 0.2) is 6.07 Å². The quantitative estimate of drug-likeness (QED) is 0.818. The number of hydrogen-bond donors (Lipinski definition) is 2. The Bertz CT molecular complexity index is 825. The van der Waals surface area contributed by atoms with E-state index in [-0.39, 0.29) is 17.4 Å². The Balaban J connectivity index is 1.94. The minimum absolute atomic E-state index is 0.0127. The van der Waals surface area contributed by atoms with E-state index in [1.807, 2.05) is 4.90 Å². The first kappa shape index (κ1) is 17.1. The first-order chi connectivity index (χ1) is 11.9. The first-order valence-electron chi connectivity index (χ1n) is 7.61. The number of methoxy groups -OCH3 is 1. The van der Waals surface area contributed by atoms with E-state index in [2.05, 4.69) is 15.3 Å². The van der Waals surface area contributed by atoms with Gasteiger partial charge >= 0.3 is 6.03 Å². The highest BCUT2D eigenvalue weighted by Gasteiger charge is 2.26. The third kappa shape index (κ3) is 3.24. The lowest BCUT2D eigenvalue weighted by Crippen LogP contribution is -2.46. The maximum Gasteiger partial charge on any atom is 0.312 e. The van der Waals surface area contributed by atoms with Crippen molar-refractivity contribution in [1.82, 2.24) is 15.3 Å². The lowest BCUT2D eigenvalue weighted by molar-refractivity contribution is 0.242. The van der Waals surface area contributed by atoms with Gasteiger partial charge in [0.25, 0.3) is 5.88 Å². The van der Waals surface area contributed by atoms with Crippen LogP contribution in [0.1, 0.15) is 12.8 Å². The van der Waals surface area contributed by atoms with Crippen molar-refractivity contribution in [2.45, 2.75) is 18.9 Å². The van der Waals surface area contributed by atoms with Gasteiger partial charge < -0.3 is 20.7 Å². The number of hydrogen-bond acceptors (Lipinski definition) is 5. The molecule has 0 atom stereocenters. The standard InChI is InChI=1S/C15H16F3N5O2/c1-25-14-13(23-4-2-7(3-5-23)20-15(19)24)21-9-6-8(16)10(17)11(18)12(9)22-14/h6-7H,2-5H2,1H3,(H3,19,20,24). The van der Waals surface area contributed by atoms with E-state index in [1.54, 1.807) is 0 Å². The molecule has 7 nitrogen and oxygen atoms in total. The van der Waals surface area contributed by atoms with Crippen LogP contribution in [0.3, 0.4) is 0 Å². The van der Waals surface area contributed by atoms with Crippen LogP contribution < -0.4 is 20.7 Å². The third-order valence-electron chi connectivity index (χ3n) is 4.08. The number of amides is 2. The van der Waals surface area contributed by atoms with Gasteiger partial charge in [-0.2, -0.15) is 0 Å². The molecule has 0 aliphatic carbocycles. The molecule has 1 aliphatic rings. The number of carbonyl (C=O) groups excluding carboxylic acids is 1. The predicted octanol–water partition coefficient (Wildman–Crippen LogP) is 1.69. The zero-order valence-electron chi connectivity index (χ0n) is 13.4. The van der Waals surface area contributed by atoms with Crippen molar-refractivity contribution in [3.8, 4) is 5.88 Å². The number of aromatic nitrogens is 2. The van der Waals surface area contributed by atoms with E-state index in [0.29, 0.717) is 31.7 Å². The zero-order chi connectivity index (χ0) is 18.1. The van der Waals surface area contributed by atoms with Gasteiger partial charge in [0.2, 0.25) is 0 Å². The molecule has 134 valence electrons. The molecule has 2 heterocycles. The van der Waals surface area contributed by atoms with Crippen LogP contribution in [0.25, 0.3) is 11.0 Å². The van der Waals surface area contributed by atoms with Crippen LogP contribution in [0.5, 0.6) is 5.88 Å². The second kappa shape index (κ2) is 6.61. The Morgan fingerprint density at radius 1 is 1.28 bits per heavy atom. The molecule has 25 heavy (non-hydrogen) atoms. The van der Waals surface area contributed by atoms with E-state index >= 15 is 0 Å². The van der Waals surface area contributed by atoms with Gasteiger partial charge in [-0.15, -0.1) is 0 Å². The molecule has 0 spiro atoms. The number of ether oxygens (including phenoxy) is 1. The number of nitrogens with zero attached hydrogens (tertiary/aromatic N) is 3. The summed E-state index contributed by atoms with van der Waals surface area (Å²) in [4.78, 5) is 20.9. The number of primary amides is 1. The molecule has 0 bridgehead atoms. The fourth-order valence-corrected chi connectivity index (χ4v) is 2.86. The maximum absolute atomic E-state index is 13.9. The smallest absolute Gasteiger partial charge is 0.312 e. The van der Waals surface area contributed by atoms with E-state index in [4.69, 9.17) is 10.5 Å². The summed E-state index contributed by atoms with van der Waals surface area (Å²) in [5.74, 6) is -4.02. The normalized spacial score (nSPS) is 15.4. The van der Waals surface area contributed by atoms with Gasteiger partial charge in [0.05, 0.1) is 12.6 Å². The number of anilines is 1. The fourth-order valence-electron chi connectivity index (χ4n) is 2.86. The molecule has 3 N–H and O–H groups in total. The topological polar surface area (TPSA) is 93.4 Å². The number of nitrogens with two attached hydrogens (primary N) is 1. The number of carbonyl (C=O) groups is 1. The van der Waals surface area contributed by atoms with Crippen molar-refractivity contribution in [2.24, 2.45) is 5.73 Å². The van der Waals surface area contributed by atoms with Gasteiger partial charge in [-0.3, -0.25) is 0 Å². The molecule has 0 unspecified atom stereocenters. The summed E-state index contributed by atoms with van der Waals surface area (Å²) in [5, 5.41) is 2.64. The Kier molecular flexibility index (Phi) is 4.51. The van der Waals surface area contributed by atoms with Crippen LogP contribution in [0.4, 0.5) is 23.8 Å². The highest BCUT2D eigenvalue weighted by molar-refractivity contribution is 5.78. The van der Waals surface area contributed by atoms with Gasteiger partial charge in [-0.05, 0) is 12.8 Å². The highest BCUT2D eigenvalue weighted by Crippen LogP contribution is 2.31. The molecular formula is C15H16F3N5O2. The average Bonchev–Trinajstić information content (AvgIpc) is 2.59. The summed E-state index contributed by atoms with van der Waals surface area (Å²) < 4.78 is 45.9. The van der Waals surface area contributed by atoms with Crippen LogP contribution in [-0.2, 0) is 0 Å². The van der Waals surface area contributed by atoms with Crippen molar-refractivity contribution < 1.29 is 22.7 Å². The number of nitrogens with one attached hydrogen (secondary N) is 1. The lowest BCUT2D eigenvalue weighted by atomic mass is 10.1. The Labute approximate surface area is 141 Å². The monoisotopic (exact) mass is 355 g/mol. The largest absolute Gasteiger partial charge is 0.478 e. The average molecular weight is 355 g/mol. The molecule has 1 fully saturated rings. The molecule has 0 saturated carbocycles. The summed E-state index contributed by atoms with van der Waals surface area (Å²) >= 11 is 0. The van der Waals surface area contributed by atoms with E-state index in [9.17, 15) is 18.0 Å². The number of fused-ring (bicyclic) bond motifs is 1. The van der Waals surface area contributed by atoms with Crippen LogP contribution in [-0.4, -0.2) is 42.2 Å². The van der Waals surface area contributed by atoms with Crippen LogP contribution in [0.2, 0.25) is 0 Å². The second-order valence-corrected chi connectivity index (χ2v) is 5.68. The Morgan fingerprint density at radius 3 is 2.56 bits per heavy atom. The van der Waals surface area contributed by atoms with Crippen molar-refractivity contribution in [3.05, 3.63) is 23.5 Å². The molecule has 1 aliphatic heterocycles. The van der Waals surface area contributed by atoms with Crippen LogP contribution >= 0.6 is 0 Å². The number of urea groups is 1. The maximum atomic E-state index is 13.9. The lowest BCUT2D eigenvalue weighted by Gasteiger charge is -2.33. The van der Waals surface area contributed by atoms with Gasteiger partial charge in [0.1, 0.15) is 5.52 Å². The second-order valence-electron chi connectivity index (χ2n) is 5.68. The zero-order valence-corrected chi connectivity index (χ0v) is 13.4. The summed E-state index contributed by atoms with van der Waals surface area (Å²) in [6.45, 7) is 1.02. The number of rotatable bonds is 3. The van der Waals surface area contributed by atoms with Gasteiger partial charge in [0, 0.05) is 25.2 Å². The molecule has 0 radical (unpaired) electrons. The van der Waals surface area contributed by atoms with Crippen molar-refractivity contribution in [1.29, 1.82) is 0 Å². The van der Waals surface area contributed by atoms with Crippen molar-refractivity contribution >= 4 is 22.9 Å². The molecular weight excluding hydrogens is 339 g/mol. The minimum Gasteiger partial charge on any atom is -0.478 e.